The zero-order valence-electron chi connectivity index (χ0n) is 17.1. The molecule has 0 amide bonds. The van der Waals surface area contributed by atoms with Crippen molar-refractivity contribution in [3.63, 3.8) is 0 Å². The molecule has 0 atom stereocenters. The Kier molecular flexibility index (Phi) is 8.02. The molecule has 0 bridgehead atoms. The van der Waals surface area contributed by atoms with Crippen molar-refractivity contribution in [1.82, 2.24) is 8.21 Å². The first kappa shape index (κ1) is 23.5. The van der Waals surface area contributed by atoms with E-state index in [-0.39, 0.29) is 26.7 Å². The molecule has 0 saturated heterocycles. The van der Waals surface area contributed by atoms with E-state index in [9.17, 15) is 9.13 Å². The van der Waals surface area contributed by atoms with Crippen LogP contribution < -0.4 is 29.4 Å². The number of rotatable bonds is 9. The molecular weight excluding hydrogens is 568 g/mol. The third-order valence-corrected chi connectivity index (χ3v) is 19.8. The van der Waals surface area contributed by atoms with E-state index in [1.165, 1.54) is 0 Å². The van der Waals surface area contributed by atoms with Crippen LogP contribution in [-0.2, 0) is 9.13 Å². The van der Waals surface area contributed by atoms with Gasteiger partial charge in [-0.25, -0.2) is 0 Å². The summed E-state index contributed by atoms with van der Waals surface area (Å²) in [5, 5.41) is 3.10. The van der Waals surface area contributed by atoms with E-state index in [0.29, 0.717) is 0 Å². The Balaban J connectivity index is 1.55. The predicted octanol–water partition coefficient (Wildman–Crippen LogP) is 3.18. The summed E-state index contributed by atoms with van der Waals surface area (Å²) in [7, 11) is -5.97. The van der Waals surface area contributed by atoms with Gasteiger partial charge in [-0.05, 0) is 0 Å². The average molecular weight is 590 g/mol. The van der Waals surface area contributed by atoms with E-state index < -0.39 is 14.6 Å². The molecule has 0 heterocycles. The molecule has 0 aliphatic heterocycles. The first-order valence-electron chi connectivity index (χ1n) is 9.92. The average Bonchev–Trinajstić information content (AvgIpc) is 2.88. The summed E-state index contributed by atoms with van der Waals surface area (Å²) in [5.74, 6) is 0. The summed E-state index contributed by atoms with van der Waals surface area (Å²) in [6.07, 6.45) is 0. The normalized spacial score (nSPS) is 11.9. The van der Waals surface area contributed by atoms with Gasteiger partial charge in [-0.3, -0.25) is 0 Å². The third-order valence-electron chi connectivity index (χ3n) is 4.85. The molecule has 0 spiro atoms. The zero-order chi connectivity index (χ0) is 22.3. The maximum atomic E-state index is 14.1. The molecule has 4 aromatic rings. The van der Waals surface area contributed by atoms with Crippen molar-refractivity contribution in [3.8, 4) is 0 Å². The SMILES string of the molecule is O=P(N[Se][Se]NP(=O)(c1ccccc1)c1ccccc1)(c1ccccc1)c1ccccc1. The van der Waals surface area contributed by atoms with Gasteiger partial charge in [0, 0.05) is 0 Å². The van der Waals surface area contributed by atoms with Crippen molar-refractivity contribution >= 4 is 62.5 Å². The van der Waals surface area contributed by atoms with Crippen molar-refractivity contribution in [2.75, 3.05) is 0 Å². The minimum atomic E-state index is -2.99. The van der Waals surface area contributed by atoms with Crippen LogP contribution in [0.2, 0.25) is 0 Å². The van der Waals surface area contributed by atoms with Crippen LogP contribution in [0.3, 0.4) is 0 Å². The van der Waals surface area contributed by atoms with Crippen LogP contribution in [0.4, 0.5) is 0 Å². The van der Waals surface area contributed by atoms with Gasteiger partial charge in [0.1, 0.15) is 0 Å². The fourth-order valence-corrected chi connectivity index (χ4v) is 20.6. The van der Waals surface area contributed by atoms with Gasteiger partial charge in [-0.1, -0.05) is 0 Å². The molecule has 0 aliphatic rings. The van der Waals surface area contributed by atoms with Gasteiger partial charge in [0.2, 0.25) is 0 Å². The van der Waals surface area contributed by atoms with E-state index in [2.05, 4.69) is 8.21 Å². The Morgan fingerprint density at radius 2 is 0.625 bits per heavy atom. The summed E-state index contributed by atoms with van der Waals surface area (Å²) >= 11 is -0.402. The van der Waals surface area contributed by atoms with Crippen LogP contribution in [0.1, 0.15) is 0 Å². The fraction of sp³-hybridized carbons (Fsp3) is 0. The van der Waals surface area contributed by atoms with Crippen LogP contribution >= 0.6 is 14.6 Å². The van der Waals surface area contributed by atoms with Gasteiger partial charge >= 0.3 is 201 Å². The fourth-order valence-electron chi connectivity index (χ4n) is 3.20. The molecule has 32 heavy (non-hydrogen) atoms. The summed E-state index contributed by atoms with van der Waals surface area (Å²) < 4.78 is 34.9. The second kappa shape index (κ2) is 10.9. The van der Waals surface area contributed by atoms with Crippen molar-refractivity contribution < 1.29 is 9.13 Å². The van der Waals surface area contributed by atoms with Gasteiger partial charge < -0.3 is 0 Å². The van der Waals surface area contributed by atoms with E-state index >= 15 is 0 Å². The molecule has 0 aromatic heterocycles. The molecular formula is C24H22N2O2P2Se2. The van der Waals surface area contributed by atoms with Crippen LogP contribution in [0.15, 0.2) is 121 Å². The van der Waals surface area contributed by atoms with Gasteiger partial charge in [0.25, 0.3) is 0 Å². The summed E-state index contributed by atoms with van der Waals surface area (Å²) in [4.78, 5) is 0. The Bertz CT molecular complexity index is 1040. The van der Waals surface area contributed by atoms with Crippen molar-refractivity contribution in [2.45, 2.75) is 0 Å². The van der Waals surface area contributed by atoms with Crippen LogP contribution in [0, 0.1) is 0 Å². The predicted molar refractivity (Wildman–Crippen MR) is 137 cm³/mol. The zero-order valence-corrected chi connectivity index (χ0v) is 22.3. The summed E-state index contributed by atoms with van der Waals surface area (Å²) in [5.41, 5.74) is 0. The van der Waals surface area contributed by atoms with Crippen LogP contribution in [-0.4, -0.2) is 26.7 Å². The van der Waals surface area contributed by atoms with Crippen molar-refractivity contribution in [3.05, 3.63) is 121 Å². The summed E-state index contributed by atoms with van der Waals surface area (Å²) in [6.45, 7) is 0. The molecule has 0 unspecified atom stereocenters. The molecule has 8 heteroatoms. The first-order chi connectivity index (χ1) is 15.6. The second-order valence-corrected chi connectivity index (χ2v) is 18.4. The standard InChI is InChI=1S/C24H22N2O2P2Se2/c27-29(21-13-5-1-6-14-21,22-15-7-2-8-16-22)25-31-32-26-30(28,23-17-9-3-10-18-23)24-19-11-4-12-20-24/h1-20H,(H,25,27)(H,26,28). The number of hydrogen-bond acceptors (Lipinski definition) is 2. The van der Waals surface area contributed by atoms with Crippen molar-refractivity contribution in [2.24, 2.45) is 0 Å². The van der Waals surface area contributed by atoms with Gasteiger partial charge in [-0.15, -0.1) is 0 Å². The Morgan fingerprint density at radius 1 is 0.406 bits per heavy atom. The topological polar surface area (TPSA) is 58.2 Å². The monoisotopic (exact) mass is 592 g/mol. The maximum absolute atomic E-state index is 14.1. The Labute approximate surface area is 200 Å². The quantitative estimate of drug-likeness (QED) is 0.179. The Hall–Kier alpha value is -1.70. The van der Waals surface area contributed by atoms with Gasteiger partial charge in [0.05, 0.1) is 0 Å². The Morgan fingerprint density at radius 3 is 0.844 bits per heavy atom. The molecule has 162 valence electrons. The number of hydrogen-bond donors (Lipinski definition) is 2. The summed E-state index contributed by atoms with van der Waals surface area (Å²) in [6, 6.07) is 38.1. The molecule has 0 saturated carbocycles. The van der Waals surface area contributed by atoms with E-state index in [1.54, 1.807) is 0 Å². The molecule has 0 fully saturated rings. The molecule has 4 rings (SSSR count). The first-order valence-corrected chi connectivity index (χ1v) is 19.4. The molecule has 0 radical (unpaired) electrons. The van der Waals surface area contributed by atoms with E-state index in [1.807, 2.05) is 121 Å². The second-order valence-electron chi connectivity index (χ2n) is 6.91. The number of benzene rings is 4. The van der Waals surface area contributed by atoms with Crippen molar-refractivity contribution in [1.29, 1.82) is 0 Å². The third kappa shape index (κ3) is 5.26. The molecule has 0 aliphatic carbocycles. The molecule has 4 aromatic carbocycles. The number of nitrogens with one attached hydrogen (secondary N) is 2. The van der Waals surface area contributed by atoms with Crippen LogP contribution in [0.25, 0.3) is 0 Å². The van der Waals surface area contributed by atoms with Gasteiger partial charge in [-0.2, -0.15) is 0 Å². The molecule has 4 nitrogen and oxygen atoms in total. The van der Waals surface area contributed by atoms with Crippen LogP contribution in [0.5, 0.6) is 0 Å². The molecule has 2 N–H and O–H groups in total. The minimum absolute atomic E-state index is 0.201. The van der Waals surface area contributed by atoms with E-state index in [4.69, 9.17) is 0 Å². The van der Waals surface area contributed by atoms with Gasteiger partial charge in [0.15, 0.2) is 0 Å². The van der Waals surface area contributed by atoms with E-state index in [0.717, 1.165) is 21.2 Å².